The van der Waals surface area contributed by atoms with Crippen molar-refractivity contribution in [3.63, 3.8) is 0 Å². The number of nitrogens with one attached hydrogen (secondary N) is 1. The van der Waals surface area contributed by atoms with Crippen molar-refractivity contribution in [2.75, 3.05) is 6.54 Å². The summed E-state index contributed by atoms with van der Waals surface area (Å²) in [6, 6.07) is 2.04. The van der Waals surface area contributed by atoms with Gasteiger partial charge in [0, 0.05) is 27.7 Å². The molecule has 0 unspecified atom stereocenters. The third-order valence-corrected chi connectivity index (χ3v) is 5.79. The predicted octanol–water partition coefficient (Wildman–Crippen LogP) is 2.67. The standard InChI is InChI=1S/C14H17BrN2O2S/c15-10-7-11(20-9-10)8-17-6-3-12(18)16-14(13(17)19)4-1-2-5-14/h7,9H,1-6,8H2,(H,16,18). The van der Waals surface area contributed by atoms with Crippen LogP contribution >= 0.6 is 27.3 Å². The van der Waals surface area contributed by atoms with Gasteiger partial charge in [-0.15, -0.1) is 11.3 Å². The highest BCUT2D eigenvalue weighted by Gasteiger charge is 2.46. The van der Waals surface area contributed by atoms with Crippen molar-refractivity contribution in [1.29, 1.82) is 0 Å². The van der Waals surface area contributed by atoms with Gasteiger partial charge in [0.25, 0.3) is 0 Å². The minimum absolute atomic E-state index is 0.00936. The molecule has 1 aromatic rings. The molecule has 1 saturated carbocycles. The number of rotatable bonds is 2. The van der Waals surface area contributed by atoms with Crippen LogP contribution in [0.3, 0.4) is 0 Å². The zero-order valence-corrected chi connectivity index (χ0v) is 13.6. The summed E-state index contributed by atoms with van der Waals surface area (Å²) in [5, 5.41) is 5.01. The molecule has 2 fully saturated rings. The summed E-state index contributed by atoms with van der Waals surface area (Å²) in [4.78, 5) is 27.7. The van der Waals surface area contributed by atoms with E-state index in [0.29, 0.717) is 19.5 Å². The average molecular weight is 357 g/mol. The van der Waals surface area contributed by atoms with Gasteiger partial charge in [0.05, 0.1) is 6.54 Å². The van der Waals surface area contributed by atoms with Crippen molar-refractivity contribution >= 4 is 39.1 Å². The lowest BCUT2D eigenvalue weighted by atomic mass is 9.96. The number of nitrogens with zero attached hydrogens (tertiary/aromatic N) is 1. The molecule has 1 saturated heterocycles. The molecule has 108 valence electrons. The molecule has 2 heterocycles. The molecule has 1 aliphatic carbocycles. The Labute approximate surface area is 130 Å². The minimum Gasteiger partial charge on any atom is -0.342 e. The third kappa shape index (κ3) is 2.63. The third-order valence-electron chi connectivity index (χ3n) is 4.11. The Morgan fingerprint density at radius 2 is 2.10 bits per heavy atom. The number of amides is 2. The highest BCUT2D eigenvalue weighted by atomic mass is 79.9. The van der Waals surface area contributed by atoms with Gasteiger partial charge in [-0.25, -0.2) is 0 Å². The van der Waals surface area contributed by atoms with Crippen LogP contribution in [0.2, 0.25) is 0 Å². The predicted molar refractivity (Wildman–Crippen MR) is 81.4 cm³/mol. The SMILES string of the molecule is O=C1CCN(Cc2cc(Br)cs2)C(=O)C2(CCCC2)N1. The fourth-order valence-electron chi connectivity index (χ4n) is 3.12. The molecule has 1 N–H and O–H groups in total. The Balaban J connectivity index is 1.82. The summed E-state index contributed by atoms with van der Waals surface area (Å²) < 4.78 is 1.05. The van der Waals surface area contributed by atoms with Gasteiger partial charge in [-0.05, 0) is 34.8 Å². The number of hydrogen-bond donors (Lipinski definition) is 1. The second kappa shape index (κ2) is 5.48. The van der Waals surface area contributed by atoms with E-state index in [0.717, 1.165) is 35.0 Å². The van der Waals surface area contributed by atoms with Crippen molar-refractivity contribution in [3.8, 4) is 0 Å². The molecule has 1 aliphatic heterocycles. The number of thiophene rings is 1. The molecular weight excluding hydrogens is 340 g/mol. The van der Waals surface area contributed by atoms with Crippen LogP contribution in [-0.2, 0) is 16.1 Å². The first-order valence-electron chi connectivity index (χ1n) is 6.92. The number of halogens is 1. The van der Waals surface area contributed by atoms with Gasteiger partial charge >= 0.3 is 0 Å². The van der Waals surface area contributed by atoms with Crippen LogP contribution in [0, 0.1) is 0 Å². The van der Waals surface area contributed by atoms with Crippen LogP contribution in [0.5, 0.6) is 0 Å². The number of carbonyl (C=O) groups is 2. The van der Waals surface area contributed by atoms with Crippen molar-refractivity contribution in [3.05, 3.63) is 20.8 Å². The van der Waals surface area contributed by atoms with E-state index in [1.54, 1.807) is 11.3 Å². The van der Waals surface area contributed by atoms with Crippen LogP contribution in [0.4, 0.5) is 0 Å². The molecule has 2 amide bonds. The second-order valence-electron chi connectivity index (χ2n) is 5.55. The minimum atomic E-state index is -0.623. The van der Waals surface area contributed by atoms with E-state index in [1.807, 2.05) is 16.3 Å². The molecular formula is C14H17BrN2O2S. The summed E-state index contributed by atoms with van der Waals surface area (Å²) in [6.45, 7) is 1.12. The summed E-state index contributed by atoms with van der Waals surface area (Å²) in [6.07, 6.45) is 4.00. The van der Waals surface area contributed by atoms with Crippen LogP contribution in [-0.4, -0.2) is 28.8 Å². The molecule has 20 heavy (non-hydrogen) atoms. The maximum atomic E-state index is 12.8. The summed E-state index contributed by atoms with van der Waals surface area (Å²) in [5.74, 6) is 0.112. The van der Waals surface area contributed by atoms with Crippen molar-refractivity contribution in [1.82, 2.24) is 10.2 Å². The molecule has 0 atom stereocenters. The summed E-state index contributed by atoms with van der Waals surface area (Å²) in [7, 11) is 0. The molecule has 6 heteroatoms. The fraction of sp³-hybridized carbons (Fsp3) is 0.571. The van der Waals surface area contributed by atoms with Crippen molar-refractivity contribution < 1.29 is 9.59 Å². The Morgan fingerprint density at radius 1 is 1.35 bits per heavy atom. The Hall–Kier alpha value is -0.880. The van der Waals surface area contributed by atoms with Gasteiger partial charge in [-0.3, -0.25) is 9.59 Å². The molecule has 3 rings (SSSR count). The van der Waals surface area contributed by atoms with E-state index >= 15 is 0 Å². The van der Waals surface area contributed by atoms with Crippen LogP contribution in [0.1, 0.15) is 37.0 Å². The molecule has 0 bridgehead atoms. The smallest absolute Gasteiger partial charge is 0.248 e. The van der Waals surface area contributed by atoms with Gasteiger partial charge in [0.2, 0.25) is 11.8 Å². The summed E-state index contributed by atoms with van der Waals surface area (Å²) >= 11 is 5.08. The van der Waals surface area contributed by atoms with E-state index < -0.39 is 5.54 Å². The summed E-state index contributed by atoms with van der Waals surface area (Å²) in [5.41, 5.74) is -0.623. The van der Waals surface area contributed by atoms with E-state index in [2.05, 4.69) is 21.2 Å². The van der Waals surface area contributed by atoms with Gasteiger partial charge in [0.1, 0.15) is 5.54 Å². The quantitative estimate of drug-likeness (QED) is 0.885. The van der Waals surface area contributed by atoms with Crippen LogP contribution < -0.4 is 5.32 Å². The van der Waals surface area contributed by atoms with Crippen molar-refractivity contribution in [2.45, 2.75) is 44.2 Å². The molecule has 0 aromatic carbocycles. The van der Waals surface area contributed by atoms with E-state index in [1.165, 1.54) is 0 Å². The first kappa shape index (κ1) is 14.1. The first-order valence-corrected chi connectivity index (χ1v) is 8.60. The molecule has 1 spiro atoms. The molecule has 0 radical (unpaired) electrons. The average Bonchev–Trinajstić information content (AvgIpc) is 3.01. The van der Waals surface area contributed by atoms with Crippen LogP contribution in [0.15, 0.2) is 15.9 Å². The second-order valence-corrected chi connectivity index (χ2v) is 7.46. The first-order chi connectivity index (χ1) is 9.59. The zero-order valence-electron chi connectivity index (χ0n) is 11.2. The highest BCUT2D eigenvalue weighted by Crippen LogP contribution is 2.34. The topological polar surface area (TPSA) is 49.4 Å². The lowest BCUT2D eigenvalue weighted by molar-refractivity contribution is -0.139. The Kier molecular flexibility index (Phi) is 3.86. The fourth-order valence-corrected chi connectivity index (χ4v) is 4.58. The largest absolute Gasteiger partial charge is 0.342 e. The molecule has 1 aromatic heterocycles. The van der Waals surface area contributed by atoms with Gasteiger partial charge in [-0.1, -0.05) is 12.8 Å². The molecule has 2 aliphatic rings. The maximum absolute atomic E-state index is 12.8. The van der Waals surface area contributed by atoms with E-state index in [-0.39, 0.29) is 11.8 Å². The van der Waals surface area contributed by atoms with Crippen LogP contribution in [0.25, 0.3) is 0 Å². The highest BCUT2D eigenvalue weighted by molar-refractivity contribution is 9.10. The van der Waals surface area contributed by atoms with Gasteiger partial charge in [-0.2, -0.15) is 0 Å². The lowest BCUT2D eigenvalue weighted by Gasteiger charge is -2.31. The Morgan fingerprint density at radius 3 is 2.75 bits per heavy atom. The van der Waals surface area contributed by atoms with Gasteiger partial charge in [0.15, 0.2) is 0 Å². The number of hydrogen-bond acceptors (Lipinski definition) is 3. The maximum Gasteiger partial charge on any atom is 0.248 e. The number of carbonyl (C=O) groups excluding carboxylic acids is 2. The Bertz CT molecular complexity index is 537. The molecule has 4 nitrogen and oxygen atoms in total. The monoisotopic (exact) mass is 356 g/mol. The zero-order chi connectivity index (χ0) is 14.2. The van der Waals surface area contributed by atoms with Gasteiger partial charge < -0.3 is 10.2 Å². The van der Waals surface area contributed by atoms with E-state index in [4.69, 9.17) is 0 Å². The van der Waals surface area contributed by atoms with Crippen molar-refractivity contribution in [2.24, 2.45) is 0 Å². The normalized spacial score (nSPS) is 22.1. The van der Waals surface area contributed by atoms with E-state index in [9.17, 15) is 9.59 Å². The lowest BCUT2D eigenvalue weighted by Crippen LogP contribution is -2.55.